The monoisotopic (exact) mass is 596 g/mol. The molecule has 2 aromatic heterocycles. The van der Waals surface area contributed by atoms with E-state index in [-0.39, 0.29) is 11.5 Å². The number of rotatable bonds is 19. The number of hydrogen-bond acceptors (Lipinski definition) is 3. The average molecular weight is 597 g/mol. The van der Waals surface area contributed by atoms with Crippen molar-refractivity contribution in [2.24, 2.45) is 0 Å². The van der Waals surface area contributed by atoms with E-state index in [1.54, 1.807) is 4.68 Å². The molecule has 0 radical (unpaired) electrons. The average Bonchev–Trinajstić information content (AvgIpc) is 3.36. The molecular weight excluding hydrogens is 546 g/mol. The third-order valence-corrected chi connectivity index (χ3v) is 8.00. The zero-order valence-corrected chi connectivity index (χ0v) is 26.6. The van der Waals surface area contributed by atoms with Gasteiger partial charge in [-0.15, -0.1) is 0 Å². The highest BCUT2D eigenvalue weighted by molar-refractivity contribution is 5.91. The number of amides is 1. The maximum Gasteiger partial charge on any atom is 0.346 e. The minimum atomic E-state index is -0.164. The number of carbonyl (C=O) groups excluding carboxylic acids is 1. The molecule has 0 aliphatic heterocycles. The first-order valence-corrected chi connectivity index (χ1v) is 16.7. The summed E-state index contributed by atoms with van der Waals surface area (Å²) < 4.78 is 3.39. The van der Waals surface area contributed by atoms with Crippen LogP contribution in [0.2, 0.25) is 0 Å². The molecule has 0 saturated carbocycles. The number of nitrogens with zero attached hydrogens (tertiary/aromatic N) is 2. The van der Waals surface area contributed by atoms with Gasteiger partial charge in [0.1, 0.15) is 0 Å². The van der Waals surface area contributed by atoms with Gasteiger partial charge < -0.3 is 10.6 Å². The Labute approximate surface area is 262 Å². The summed E-state index contributed by atoms with van der Waals surface area (Å²) in [5.41, 5.74) is 3.80. The van der Waals surface area contributed by atoms with Gasteiger partial charge in [-0.25, -0.2) is 4.68 Å². The number of para-hydroxylation sites is 1. The first kappa shape index (κ1) is 32.8. The molecule has 4 rings (SSSR count). The molecule has 0 fully saturated rings. The Morgan fingerprint density at radius 3 is 2.05 bits per heavy atom. The van der Waals surface area contributed by atoms with E-state index in [0.717, 1.165) is 42.7 Å². The van der Waals surface area contributed by atoms with Crippen LogP contribution in [-0.4, -0.2) is 15.7 Å². The van der Waals surface area contributed by atoms with Gasteiger partial charge in [0, 0.05) is 29.9 Å². The Hall–Kier alpha value is -4.13. The van der Waals surface area contributed by atoms with E-state index in [1.807, 2.05) is 71.6 Å². The maximum atomic E-state index is 13.7. The van der Waals surface area contributed by atoms with E-state index < -0.39 is 0 Å². The zero-order valence-electron chi connectivity index (χ0n) is 26.6. The Balaban J connectivity index is 1.35. The molecule has 0 aliphatic rings. The van der Waals surface area contributed by atoms with Crippen molar-refractivity contribution in [1.82, 2.24) is 9.78 Å². The van der Waals surface area contributed by atoms with Crippen molar-refractivity contribution in [3.8, 4) is 11.4 Å². The van der Waals surface area contributed by atoms with Crippen LogP contribution in [0.15, 0.2) is 83.9 Å². The highest BCUT2D eigenvalue weighted by Crippen LogP contribution is 2.22. The molecule has 0 aliphatic carbocycles. The van der Waals surface area contributed by atoms with Crippen LogP contribution < -0.4 is 20.8 Å². The summed E-state index contributed by atoms with van der Waals surface area (Å²) in [6.45, 7) is 4.41. The second kappa shape index (κ2) is 17.9. The van der Waals surface area contributed by atoms with Gasteiger partial charge in [-0.1, -0.05) is 109 Å². The number of benzene rings is 2. The summed E-state index contributed by atoms with van der Waals surface area (Å²) in [6, 6.07) is 21.3. The van der Waals surface area contributed by atoms with Gasteiger partial charge in [0.05, 0.1) is 5.69 Å². The van der Waals surface area contributed by atoms with E-state index in [9.17, 15) is 9.59 Å². The number of aryl methyl sites for hydroxylation is 1. The summed E-state index contributed by atoms with van der Waals surface area (Å²) in [5, 5.41) is 9.71. The van der Waals surface area contributed by atoms with Gasteiger partial charge in [0.15, 0.2) is 12.4 Å². The van der Waals surface area contributed by atoms with Crippen molar-refractivity contribution < 1.29 is 9.36 Å². The molecule has 4 aromatic rings. The predicted octanol–water partition coefficient (Wildman–Crippen LogP) is 8.78. The van der Waals surface area contributed by atoms with E-state index in [0.29, 0.717) is 17.9 Å². The molecule has 7 heteroatoms. The van der Waals surface area contributed by atoms with E-state index in [2.05, 4.69) is 41.7 Å². The normalized spacial score (nSPS) is 11.0. The van der Waals surface area contributed by atoms with Crippen LogP contribution in [0.3, 0.4) is 0 Å². The fraction of sp³-hybridized carbons (Fsp3) is 0.432. The van der Waals surface area contributed by atoms with Gasteiger partial charge in [0.25, 0.3) is 0 Å². The smallest absolute Gasteiger partial charge is 0.335 e. The van der Waals surface area contributed by atoms with Gasteiger partial charge in [-0.05, 0) is 48.7 Å². The molecular formula is C37H50N5O2+. The van der Waals surface area contributed by atoms with Crippen LogP contribution in [0.25, 0.3) is 11.4 Å². The number of nitrogens with one attached hydrogen (secondary N) is 3. The van der Waals surface area contributed by atoms with Crippen LogP contribution in [0.4, 0.5) is 17.2 Å². The largest absolute Gasteiger partial charge is 0.346 e. The SMILES string of the molecule is CCCCCCCCCCCCCC(=O)Nc1cccc(Nc2[nH]n(-c3ccccc3)c(=O)c2-[n+]2ccc(CCC)cc2)c1. The summed E-state index contributed by atoms with van der Waals surface area (Å²) in [4.78, 5) is 26.3. The summed E-state index contributed by atoms with van der Waals surface area (Å²) >= 11 is 0. The zero-order chi connectivity index (χ0) is 31.0. The lowest BCUT2D eigenvalue weighted by atomic mass is 10.1. The van der Waals surface area contributed by atoms with Crippen LogP contribution in [0.1, 0.15) is 103 Å². The van der Waals surface area contributed by atoms with Crippen molar-refractivity contribution >= 4 is 23.1 Å². The fourth-order valence-electron chi connectivity index (χ4n) is 5.57. The number of H-pyrrole nitrogens is 1. The third-order valence-electron chi connectivity index (χ3n) is 8.00. The molecule has 0 bridgehead atoms. The fourth-order valence-corrected chi connectivity index (χ4v) is 5.57. The Morgan fingerprint density at radius 2 is 1.39 bits per heavy atom. The molecule has 3 N–H and O–H groups in total. The molecule has 2 aromatic carbocycles. The summed E-state index contributed by atoms with van der Waals surface area (Å²) in [6.07, 6.45) is 20.3. The third kappa shape index (κ3) is 9.97. The molecule has 0 spiro atoms. The van der Waals surface area contributed by atoms with Crippen molar-refractivity contribution in [3.05, 3.63) is 95.0 Å². The topological polar surface area (TPSA) is 82.8 Å². The number of unbranched alkanes of at least 4 members (excludes halogenated alkanes) is 10. The number of pyridine rings is 1. The first-order chi connectivity index (χ1) is 21.6. The van der Waals surface area contributed by atoms with Crippen LogP contribution in [-0.2, 0) is 11.2 Å². The first-order valence-electron chi connectivity index (χ1n) is 16.7. The van der Waals surface area contributed by atoms with E-state index >= 15 is 0 Å². The molecule has 2 heterocycles. The lowest BCUT2D eigenvalue weighted by Crippen LogP contribution is -2.36. The lowest BCUT2D eigenvalue weighted by Gasteiger charge is -2.09. The van der Waals surface area contributed by atoms with Gasteiger partial charge >= 0.3 is 11.2 Å². The summed E-state index contributed by atoms with van der Waals surface area (Å²) in [7, 11) is 0. The number of carbonyl (C=O) groups is 1. The molecule has 0 unspecified atom stereocenters. The minimum Gasteiger partial charge on any atom is -0.335 e. The molecule has 7 nitrogen and oxygen atoms in total. The molecule has 44 heavy (non-hydrogen) atoms. The maximum absolute atomic E-state index is 13.7. The number of aromatic nitrogens is 3. The Kier molecular flexibility index (Phi) is 13.3. The van der Waals surface area contributed by atoms with Crippen LogP contribution >= 0.6 is 0 Å². The van der Waals surface area contributed by atoms with Gasteiger partial charge in [0.2, 0.25) is 11.7 Å². The second-order valence-corrected chi connectivity index (χ2v) is 11.7. The van der Waals surface area contributed by atoms with Gasteiger partial charge in [-0.2, -0.15) is 4.57 Å². The summed E-state index contributed by atoms with van der Waals surface area (Å²) in [5.74, 6) is 0.599. The lowest BCUT2D eigenvalue weighted by molar-refractivity contribution is -0.595. The Morgan fingerprint density at radius 1 is 0.750 bits per heavy atom. The quantitative estimate of drug-likeness (QED) is 0.0747. The highest BCUT2D eigenvalue weighted by Gasteiger charge is 2.24. The standard InChI is InChI=1S/C37H49N5O2/c1-3-5-6-7-8-9-10-11-12-13-17-24-34(43)38-31-20-18-21-32(29-31)39-36-35(41-27-25-30(19-4-2)26-28-41)37(44)42(40-36)33-22-15-14-16-23-33/h14-16,18,20-23,25-29H,3-13,17,19,24H2,1-2H3,(H2-,38,39,40,43,44)/p+1. The van der Waals surface area contributed by atoms with Crippen molar-refractivity contribution in [2.45, 2.75) is 104 Å². The number of aromatic amines is 1. The van der Waals surface area contributed by atoms with E-state index in [4.69, 9.17) is 0 Å². The van der Waals surface area contributed by atoms with Gasteiger partial charge in [-0.3, -0.25) is 14.7 Å². The van der Waals surface area contributed by atoms with Crippen molar-refractivity contribution in [3.63, 3.8) is 0 Å². The number of hydrogen-bond donors (Lipinski definition) is 3. The Bertz CT molecular complexity index is 1470. The van der Waals surface area contributed by atoms with Crippen LogP contribution in [0, 0.1) is 0 Å². The van der Waals surface area contributed by atoms with E-state index in [1.165, 1.54) is 63.4 Å². The predicted molar refractivity (Wildman–Crippen MR) is 181 cm³/mol. The molecule has 234 valence electrons. The molecule has 1 amide bonds. The highest BCUT2D eigenvalue weighted by atomic mass is 16.1. The van der Waals surface area contributed by atoms with Crippen LogP contribution in [0.5, 0.6) is 0 Å². The molecule has 0 saturated heterocycles. The second-order valence-electron chi connectivity index (χ2n) is 11.7. The minimum absolute atomic E-state index is 0.0325. The van der Waals surface area contributed by atoms with Crippen molar-refractivity contribution in [2.75, 3.05) is 10.6 Å². The van der Waals surface area contributed by atoms with Crippen molar-refractivity contribution in [1.29, 1.82) is 0 Å². The molecule has 0 atom stereocenters. The number of anilines is 3.